The minimum absolute atomic E-state index is 0.268. The SMILES string of the molecule is COC(=O)c1cccc(C(=O)Oc2ccc(C(C)(C)c3ccc(C)c(-c4ccccc4)c3)cc2-c2ccccc2)c1. The molecule has 0 saturated heterocycles. The number of carbonyl (C=O) groups excluding carboxylic acids is 2. The van der Waals surface area contributed by atoms with Crippen LogP contribution < -0.4 is 4.74 Å². The van der Waals surface area contributed by atoms with E-state index in [0.29, 0.717) is 5.75 Å². The van der Waals surface area contributed by atoms with Gasteiger partial charge in [0.25, 0.3) is 0 Å². The first kappa shape index (κ1) is 27.6. The molecule has 0 bridgehead atoms. The van der Waals surface area contributed by atoms with Crippen molar-refractivity contribution < 1.29 is 19.1 Å². The first-order valence-corrected chi connectivity index (χ1v) is 13.5. The molecule has 0 fully saturated rings. The average Bonchev–Trinajstić information content (AvgIpc) is 3.01. The molecule has 4 nitrogen and oxygen atoms in total. The average molecular weight is 541 g/mol. The zero-order chi connectivity index (χ0) is 29.0. The van der Waals surface area contributed by atoms with E-state index in [1.807, 2.05) is 48.5 Å². The van der Waals surface area contributed by atoms with E-state index < -0.39 is 11.9 Å². The van der Waals surface area contributed by atoms with Crippen LogP contribution in [0, 0.1) is 6.92 Å². The zero-order valence-electron chi connectivity index (χ0n) is 23.7. The molecule has 0 aliphatic rings. The highest BCUT2D eigenvalue weighted by Crippen LogP contribution is 2.40. The molecule has 5 rings (SSSR count). The summed E-state index contributed by atoms with van der Waals surface area (Å²) >= 11 is 0. The van der Waals surface area contributed by atoms with E-state index in [2.05, 4.69) is 69.3 Å². The standard InChI is InChI=1S/C37H32O4/c1-25-18-19-30(23-32(25)26-12-7-5-8-13-26)37(2,3)31-20-21-34(33(24-31)27-14-9-6-10-15-27)41-36(39)29-17-11-16-28(22-29)35(38)40-4/h5-24H,1-4H3. The highest BCUT2D eigenvalue weighted by molar-refractivity contribution is 5.96. The normalized spacial score (nSPS) is 11.1. The van der Waals surface area contributed by atoms with Gasteiger partial charge in [-0.1, -0.05) is 105 Å². The van der Waals surface area contributed by atoms with Crippen molar-refractivity contribution in [3.8, 4) is 28.0 Å². The van der Waals surface area contributed by atoms with Crippen LogP contribution in [0.15, 0.2) is 121 Å². The fourth-order valence-electron chi connectivity index (χ4n) is 5.01. The maximum atomic E-state index is 13.2. The maximum Gasteiger partial charge on any atom is 0.343 e. The molecule has 0 unspecified atom stereocenters. The van der Waals surface area contributed by atoms with Crippen molar-refractivity contribution in [2.24, 2.45) is 0 Å². The quantitative estimate of drug-likeness (QED) is 0.153. The molecule has 4 heteroatoms. The summed E-state index contributed by atoms with van der Waals surface area (Å²) in [7, 11) is 1.31. The summed E-state index contributed by atoms with van der Waals surface area (Å²) in [6.07, 6.45) is 0. The largest absolute Gasteiger partial charge is 0.465 e. The van der Waals surface area contributed by atoms with Crippen LogP contribution in [-0.2, 0) is 10.2 Å². The highest BCUT2D eigenvalue weighted by atomic mass is 16.5. The molecule has 0 saturated carbocycles. The lowest BCUT2D eigenvalue weighted by atomic mass is 9.76. The molecule has 0 N–H and O–H groups in total. The number of hydrogen-bond donors (Lipinski definition) is 0. The molecular weight excluding hydrogens is 508 g/mol. The van der Waals surface area contributed by atoms with Crippen molar-refractivity contribution in [1.82, 2.24) is 0 Å². The van der Waals surface area contributed by atoms with Crippen molar-refractivity contribution >= 4 is 11.9 Å². The Labute approximate surface area is 241 Å². The number of rotatable bonds is 7. The third-order valence-electron chi connectivity index (χ3n) is 7.55. The third kappa shape index (κ3) is 5.82. The van der Waals surface area contributed by atoms with E-state index >= 15 is 0 Å². The third-order valence-corrected chi connectivity index (χ3v) is 7.55. The molecule has 0 aromatic heterocycles. The monoisotopic (exact) mass is 540 g/mol. The lowest BCUT2D eigenvalue weighted by Crippen LogP contribution is -2.19. The minimum atomic E-state index is -0.550. The van der Waals surface area contributed by atoms with Crippen molar-refractivity contribution in [1.29, 1.82) is 0 Å². The number of hydrogen-bond acceptors (Lipinski definition) is 4. The lowest BCUT2D eigenvalue weighted by Gasteiger charge is -2.28. The molecule has 5 aromatic carbocycles. The lowest BCUT2D eigenvalue weighted by molar-refractivity contribution is 0.0600. The predicted octanol–water partition coefficient (Wildman–Crippen LogP) is 8.66. The summed E-state index contributed by atoms with van der Waals surface area (Å²) in [5, 5.41) is 0. The van der Waals surface area contributed by atoms with Gasteiger partial charge in [-0.3, -0.25) is 0 Å². The van der Waals surface area contributed by atoms with Crippen molar-refractivity contribution in [3.63, 3.8) is 0 Å². The molecule has 0 atom stereocenters. The minimum Gasteiger partial charge on any atom is -0.465 e. The Kier molecular flexibility index (Phi) is 7.84. The van der Waals surface area contributed by atoms with Crippen LogP contribution >= 0.6 is 0 Å². The van der Waals surface area contributed by atoms with Gasteiger partial charge < -0.3 is 9.47 Å². The van der Waals surface area contributed by atoms with Gasteiger partial charge in [0.15, 0.2) is 0 Å². The Morgan fingerprint density at radius 1 is 0.585 bits per heavy atom. The Morgan fingerprint density at radius 3 is 1.73 bits per heavy atom. The van der Waals surface area contributed by atoms with Gasteiger partial charge in [-0.05, 0) is 70.6 Å². The summed E-state index contributed by atoms with van der Waals surface area (Å²) < 4.78 is 10.7. The Morgan fingerprint density at radius 2 is 1.12 bits per heavy atom. The molecule has 0 amide bonds. The molecular formula is C37H32O4. The summed E-state index contributed by atoms with van der Waals surface area (Å²) in [5.74, 6) is -0.619. The first-order valence-electron chi connectivity index (χ1n) is 13.5. The highest BCUT2D eigenvalue weighted by Gasteiger charge is 2.26. The van der Waals surface area contributed by atoms with Crippen LogP contribution in [-0.4, -0.2) is 19.0 Å². The second-order valence-corrected chi connectivity index (χ2v) is 10.6. The van der Waals surface area contributed by atoms with E-state index in [0.717, 1.165) is 16.7 Å². The molecule has 41 heavy (non-hydrogen) atoms. The second-order valence-electron chi connectivity index (χ2n) is 10.6. The van der Waals surface area contributed by atoms with Crippen LogP contribution in [0.4, 0.5) is 0 Å². The Bertz CT molecular complexity index is 1700. The number of aryl methyl sites for hydroxylation is 1. The van der Waals surface area contributed by atoms with Crippen LogP contribution in [0.25, 0.3) is 22.3 Å². The number of methoxy groups -OCH3 is 1. The molecule has 5 aromatic rings. The zero-order valence-corrected chi connectivity index (χ0v) is 23.7. The van der Waals surface area contributed by atoms with E-state index in [4.69, 9.17) is 9.47 Å². The molecule has 0 aliphatic heterocycles. The Balaban J connectivity index is 1.54. The van der Waals surface area contributed by atoms with Gasteiger partial charge in [-0.25, -0.2) is 9.59 Å². The van der Waals surface area contributed by atoms with Gasteiger partial charge >= 0.3 is 11.9 Å². The van der Waals surface area contributed by atoms with Gasteiger partial charge in [0.2, 0.25) is 0 Å². The van der Waals surface area contributed by atoms with Gasteiger partial charge in [0.1, 0.15) is 5.75 Å². The van der Waals surface area contributed by atoms with Crippen LogP contribution in [0.2, 0.25) is 0 Å². The molecule has 0 radical (unpaired) electrons. The Hall–Kier alpha value is -4.96. The fraction of sp³-hybridized carbons (Fsp3) is 0.135. The number of esters is 2. The second kappa shape index (κ2) is 11.6. The first-order chi connectivity index (χ1) is 19.8. The van der Waals surface area contributed by atoms with E-state index in [9.17, 15) is 9.59 Å². The van der Waals surface area contributed by atoms with Crippen LogP contribution in [0.5, 0.6) is 5.75 Å². The fourth-order valence-corrected chi connectivity index (χ4v) is 5.01. The topological polar surface area (TPSA) is 52.6 Å². The smallest absolute Gasteiger partial charge is 0.343 e. The van der Waals surface area contributed by atoms with Crippen molar-refractivity contribution in [2.75, 3.05) is 7.11 Å². The van der Waals surface area contributed by atoms with Crippen LogP contribution in [0.1, 0.15) is 51.3 Å². The summed E-state index contributed by atoms with van der Waals surface area (Å²) in [4.78, 5) is 25.2. The van der Waals surface area contributed by atoms with E-state index in [1.165, 1.54) is 35.4 Å². The van der Waals surface area contributed by atoms with Gasteiger partial charge in [-0.2, -0.15) is 0 Å². The number of carbonyl (C=O) groups is 2. The number of ether oxygens (including phenoxy) is 2. The molecule has 0 aliphatic carbocycles. The molecule has 0 heterocycles. The summed E-state index contributed by atoms with van der Waals surface area (Å²) in [5.41, 5.74) is 7.86. The molecule has 204 valence electrons. The van der Waals surface area contributed by atoms with E-state index in [1.54, 1.807) is 18.2 Å². The summed E-state index contributed by atoms with van der Waals surface area (Å²) in [6.45, 7) is 6.55. The van der Waals surface area contributed by atoms with E-state index in [-0.39, 0.29) is 16.5 Å². The number of benzene rings is 5. The maximum absolute atomic E-state index is 13.2. The predicted molar refractivity (Wildman–Crippen MR) is 163 cm³/mol. The van der Waals surface area contributed by atoms with Gasteiger partial charge in [0, 0.05) is 11.0 Å². The molecule has 0 spiro atoms. The van der Waals surface area contributed by atoms with Gasteiger partial charge in [0.05, 0.1) is 18.2 Å². The van der Waals surface area contributed by atoms with Crippen molar-refractivity contribution in [2.45, 2.75) is 26.2 Å². The van der Waals surface area contributed by atoms with Crippen LogP contribution in [0.3, 0.4) is 0 Å². The van der Waals surface area contributed by atoms with Gasteiger partial charge in [-0.15, -0.1) is 0 Å². The summed E-state index contributed by atoms with van der Waals surface area (Å²) in [6, 6.07) is 39.3. The van der Waals surface area contributed by atoms with Crippen molar-refractivity contribution in [3.05, 3.63) is 149 Å².